The first-order valence-corrected chi connectivity index (χ1v) is 10.1. The van der Waals surface area contributed by atoms with Crippen LogP contribution >= 0.6 is 0 Å². The second kappa shape index (κ2) is 8.04. The highest BCUT2D eigenvalue weighted by atomic mass is 19.1. The molecule has 2 aliphatic rings. The maximum absolute atomic E-state index is 13.9. The van der Waals surface area contributed by atoms with Gasteiger partial charge in [-0.25, -0.2) is 4.39 Å². The molecular formula is C24H31FO4. The summed E-state index contributed by atoms with van der Waals surface area (Å²) in [6, 6.07) is 5.19. The van der Waals surface area contributed by atoms with Gasteiger partial charge in [0, 0.05) is 20.0 Å². The molecule has 29 heavy (non-hydrogen) atoms. The van der Waals surface area contributed by atoms with Gasteiger partial charge in [0.05, 0.1) is 18.1 Å². The summed E-state index contributed by atoms with van der Waals surface area (Å²) in [6.07, 6.45) is 4.73. The van der Waals surface area contributed by atoms with E-state index in [9.17, 15) is 14.3 Å². The van der Waals surface area contributed by atoms with Crippen LogP contribution in [-0.2, 0) is 14.3 Å². The van der Waals surface area contributed by atoms with Gasteiger partial charge in [-0.3, -0.25) is 4.79 Å². The standard InChI is InChI=1S/C24H31FO4/c1-15-10-16(6-9-21(15)25)19-13-24(4,28-5)14-23(2,3)20(19)8-7-18-11-17(26)12-22(27)29-18/h6-10,17-18,26H,11-14H2,1-5H3/t17-,18-,24?/m0/s1. The van der Waals surface area contributed by atoms with Crippen molar-refractivity contribution >= 4 is 11.5 Å². The van der Waals surface area contributed by atoms with Crippen molar-refractivity contribution in [1.82, 2.24) is 0 Å². The van der Waals surface area contributed by atoms with Gasteiger partial charge in [0.25, 0.3) is 0 Å². The molecule has 0 saturated carbocycles. The zero-order valence-corrected chi connectivity index (χ0v) is 17.9. The average molecular weight is 403 g/mol. The molecule has 5 heteroatoms. The predicted octanol–water partition coefficient (Wildman–Crippen LogP) is 4.74. The van der Waals surface area contributed by atoms with E-state index in [0.29, 0.717) is 18.4 Å². The number of rotatable bonds is 4. The Hall–Kier alpha value is -1.98. The van der Waals surface area contributed by atoms with Gasteiger partial charge in [-0.1, -0.05) is 26.0 Å². The topological polar surface area (TPSA) is 55.8 Å². The Labute approximate surface area is 172 Å². The molecule has 0 aromatic heterocycles. The number of aliphatic hydroxyl groups is 1. The molecule has 1 saturated heterocycles. The van der Waals surface area contributed by atoms with Crippen LogP contribution in [0.2, 0.25) is 0 Å². The zero-order valence-electron chi connectivity index (χ0n) is 17.9. The first kappa shape index (κ1) is 21.7. The number of hydrogen-bond acceptors (Lipinski definition) is 4. The minimum Gasteiger partial charge on any atom is -0.458 e. The van der Waals surface area contributed by atoms with Crippen LogP contribution in [0, 0.1) is 18.2 Å². The summed E-state index contributed by atoms with van der Waals surface area (Å²) in [4.78, 5) is 11.7. The molecule has 3 atom stereocenters. The number of carbonyl (C=O) groups excluding carboxylic acids is 1. The maximum atomic E-state index is 13.9. The van der Waals surface area contributed by atoms with E-state index in [1.54, 1.807) is 14.0 Å². The Bertz CT molecular complexity index is 854. The van der Waals surface area contributed by atoms with Crippen LogP contribution in [-0.4, -0.2) is 36.0 Å². The minimum absolute atomic E-state index is 0.0465. The second-order valence-electron chi connectivity index (χ2n) is 9.23. The number of aryl methyl sites for hydroxylation is 1. The lowest BCUT2D eigenvalue weighted by Crippen LogP contribution is -2.39. The molecule has 1 N–H and O–H groups in total. The molecule has 1 fully saturated rings. The van der Waals surface area contributed by atoms with E-state index < -0.39 is 12.2 Å². The van der Waals surface area contributed by atoms with E-state index in [2.05, 4.69) is 20.8 Å². The molecule has 158 valence electrons. The Morgan fingerprint density at radius 2 is 2.03 bits per heavy atom. The molecule has 0 radical (unpaired) electrons. The van der Waals surface area contributed by atoms with Gasteiger partial charge < -0.3 is 14.6 Å². The summed E-state index contributed by atoms with van der Waals surface area (Å²) in [5.74, 6) is -0.601. The fourth-order valence-electron chi connectivity index (χ4n) is 4.66. The molecule has 3 rings (SSSR count). The van der Waals surface area contributed by atoms with Crippen molar-refractivity contribution in [3.63, 3.8) is 0 Å². The normalized spacial score (nSPS) is 30.0. The monoisotopic (exact) mass is 402 g/mol. The largest absolute Gasteiger partial charge is 0.458 e. The molecule has 1 aliphatic carbocycles. The fraction of sp³-hybridized carbons (Fsp3) is 0.542. The van der Waals surface area contributed by atoms with Gasteiger partial charge in [-0.05, 0) is 66.2 Å². The number of ether oxygens (including phenoxy) is 2. The third-order valence-corrected chi connectivity index (χ3v) is 6.09. The highest BCUT2D eigenvalue weighted by Crippen LogP contribution is 2.50. The second-order valence-corrected chi connectivity index (χ2v) is 9.23. The van der Waals surface area contributed by atoms with Crippen LogP contribution in [0.5, 0.6) is 0 Å². The number of methoxy groups -OCH3 is 1. The Kier molecular flexibility index (Phi) is 6.02. The van der Waals surface area contributed by atoms with Crippen molar-refractivity contribution in [3.8, 4) is 0 Å². The molecule has 0 amide bonds. The quantitative estimate of drug-likeness (QED) is 0.740. The van der Waals surface area contributed by atoms with E-state index >= 15 is 0 Å². The number of aliphatic hydroxyl groups excluding tert-OH is 1. The highest BCUT2D eigenvalue weighted by molar-refractivity contribution is 5.75. The molecule has 1 aliphatic heterocycles. The van der Waals surface area contributed by atoms with Crippen molar-refractivity contribution in [1.29, 1.82) is 0 Å². The fourth-order valence-corrected chi connectivity index (χ4v) is 4.66. The Balaban J connectivity index is 2.06. The highest BCUT2D eigenvalue weighted by Gasteiger charge is 2.41. The Morgan fingerprint density at radius 3 is 2.66 bits per heavy atom. The van der Waals surface area contributed by atoms with Crippen molar-refractivity contribution in [2.45, 2.75) is 71.2 Å². The van der Waals surface area contributed by atoms with Crippen LogP contribution in [0.15, 0.2) is 35.9 Å². The van der Waals surface area contributed by atoms with Crippen LogP contribution in [0.25, 0.3) is 5.57 Å². The van der Waals surface area contributed by atoms with E-state index in [4.69, 9.17) is 9.47 Å². The molecule has 1 unspecified atom stereocenters. The van der Waals surface area contributed by atoms with Gasteiger partial charge in [0.15, 0.2) is 0 Å². The SMILES string of the molecule is COC1(C)CC(c2ccc(F)c(C)c2)=C(C=C[C@H]2C[C@H](O)CC(=O)O2)C(C)(C)C1. The lowest BCUT2D eigenvalue weighted by atomic mass is 9.65. The van der Waals surface area contributed by atoms with E-state index in [0.717, 1.165) is 23.1 Å². The van der Waals surface area contributed by atoms with Crippen molar-refractivity contribution < 1.29 is 23.8 Å². The van der Waals surface area contributed by atoms with Gasteiger partial charge in [-0.15, -0.1) is 0 Å². The summed E-state index contributed by atoms with van der Waals surface area (Å²) in [5, 5.41) is 9.88. The summed E-state index contributed by atoms with van der Waals surface area (Å²) in [5.41, 5.74) is 3.27. The first-order valence-electron chi connectivity index (χ1n) is 10.1. The lowest BCUT2D eigenvalue weighted by Gasteiger charge is -2.44. The summed E-state index contributed by atoms with van der Waals surface area (Å²) >= 11 is 0. The van der Waals surface area contributed by atoms with Crippen molar-refractivity contribution in [2.24, 2.45) is 5.41 Å². The predicted molar refractivity (Wildman–Crippen MR) is 111 cm³/mol. The third kappa shape index (κ3) is 4.78. The first-order chi connectivity index (χ1) is 13.5. The zero-order chi connectivity index (χ0) is 21.4. The van der Waals surface area contributed by atoms with E-state index in [1.807, 2.05) is 24.3 Å². The van der Waals surface area contributed by atoms with Crippen LogP contribution in [0.4, 0.5) is 4.39 Å². The third-order valence-electron chi connectivity index (χ3n) is 6.09. The average Bonchev–Trinajstić information content (AvgIpc) is 2.61. The Morgan fingerprint density at radius 1 is 1.31 bits per heavy atom. The number of halogens is 1. The van der Waals surface area contributed by atoms with Crippen LogP contribution in [0.1, 0.15) is 57.6 Å². The lowest BCUT2D eigenvalue weighted by molar-refractivity contribution is -0.156. The number of allylic oxidation sites excluding steroid dienone is 2. The summed E-state index contributed by atoms with van der Waals surface area (Å²) < 4.78 is 25.1. The van der Waals surface area contributed by atoms with E-state index in [-0.39, 0.29) is 29.2 Å². The van der Waals surface area contributed by atoms with Gasteiger partial charge in [-0.2, -0.15) is 0 Å². The van der Waals surface area contributed by atoms with Gasteiger partial charge >= 0.3 is 5.97 Å². The smallest absolute Gasteiger partial charge is 0.309 e. The molecule has 4 nitrogen and oxygen atoms in total. The van der Waals surface area contributed by atoms with Crippen LogP contribution in [0.3, 0.4) is 0 Å². The number of cyclic esters (lactones) is 1. The minimum atomic E-state index is -0.671. The van der Waals surface area contributed by atoms with E-state index in [1.165, 1.54) is 6.07 Å². The van der Waals surface area contributed by atoms with Gasteiger partial charge in [0.1, 0.15) is 11.9 Å². The van der Waals surface area contributed by atoms with Crippen LogP contribution < -0.4 is 0 Å². The molecule has 0 bridgehead atoms. The number of carbonyl (C=O) groups is 1. The van der Waals surface area contributed by atoms with Crippen molar-refractivity contribution in [2.75, 3.05) is 7.11 Å². The molecular weight excluding hydrogens is 371 g/mol. The molecule has 1 aromatic rings. The maximum Gasteiger partial charge on any atom is 0.309 e. The summed E-state index contributed by atoms with van der Waals surface area (Å²) in [6.45, 7) is 8.20. The van der Waals surface area contributed by atoms with Crippen molar-refractivity contribution in [3.05, 3.63) is 52.9 Å². The number of hydrogen-bond donors (Lipinski definition) is 1. The molecule has 0 spiro atoms. The molecule has 1 aromatic carbocycles. The number of esters is 1. The number of benzene rings is 1. The van der Waals surface area contributed by atoms with Gasteiger partial charge in [0.2, 0.25) is 0 Å². The molecule has 1 heterocycles. The summed E-state index contributed by atoms with van der Waals surface area (Å²) in [7, 11) is 1.73.